The van der Waals surface area contributed by atoms with E-state index in [4.69, 9.17) is 14.5 Å². The maximum absolute atomic E-state index is 13.5. The molecule has 0 N–H and O–H groups in total. The minimum Gasteiger partial charge on any atom is -0.497 e. The average Bonchev–Trinajstić information content (AvgIpc) is 3.20. The van der Waals surface area contributed by atoms with Gasteiger partial charge in [-0.05, 0) is 68.4 Å². The quantitative estimate of drug-likeness (QED) is 0.394. The van der Waals surface area contributed by atoms with Crippen LogP contribution in [0.25, 0.3) is 10.2 Å². The zero-order valence-electron chi connectivity index (χ0n) is 17.6. The normalized spacial score (nSPS) is 11.0. The summed E-state index contributed by atoms with van der Waals surface area (Å²) in [5.74, 6) is 1.34. The molecule has 0 spiro atoms. The van der Waals surface area contributed by atoms with Crippen molar-refractivity contribution in [3.8, 4) is 11.5 Å². The van der Waals surface area contributed by atoms with Crippen LogP contribution in [0.4, 0.5) is 5.13 Å². The van der Waals surface area contributed by atoms with Gasteiger partial charge in [-0.2, -0.15) is 0 Å². The van der Waals surface area contributed by atoms with E-state index in [1.165, 1.54) is 11.3 Å². The number of pyridine rings is 1. The summed E-state index contributed by atoms with van der Waals surface area (Å²) >= 11 is 1.45. The Balaban J connectivity index is 1.69. The van der Waals surface area contributed by atoms with Crippen LogP contribution in [0.2, 0.25) is 0 Å². The first-order valence-electron chi connectivity index (χ1n) is 9.96. The fourth-order valence-corrected chi connectivity index (χ4v) is 4.11. The van der Waals surface area contributed by atoms with E-state index in [0.717, 1.165) is 27.4 Å². The van der Waals surface area contributed by atoms with Gasteiger partial charge in [0.25, 0.3) is 5.91 Å². The Labute approximate surface area is 185 Å². The van der Waals surface area contributed by atoms with Crippen molar-refractivity contribution >= 4 is 32.6 Å². The van der Waals surface area contributed by atoms with Crippen molar-refractivity contribution < 1.29 is 14.3 Å². The van der Waals surface area contributed by atoms with Gasteiger partial charge in [0.05, 0.1) is 35.7 Å². The lowest BCUT2D eigenvalue weighted by atomic mass is 10.2. The molecule has 6 nitrogen and oxygen atoms in total. The molecule has 2 aromatic carbocycles. The van der Waals surface area contributed by atoms with E-state index in [2.05, 4.69) is 4.98 Å². The largest absolute Gasteiger partial charge is 0.497 e. The molecule has 0 unspecified atom stereocenters. The Morgan fingerprint density at radius 3 is 2.52 bits per heavy atom. The molecule has 0 bridgehead atoms. The van der Waals surface area contributed by atoms with Crippen LogP contribution < -0.4 is 14.4 Å². The summed E-state index contributed by atoms with van der Waals surface area (Å²) in [6.45, 7) is 4.26. The van der Waals surface area contributed by atoms with Crippen LogP contribution >= 0.6 is 11.3 Å². The number of hydrogen-bond acceptors (Lipinski definition) is 6. The molecular weight excluding hydrogens is 410 g/mol. The number of aromatic nitrogens is 2. The molecular formula is C24H23N3O3S. The third-order valence-electron chi connectivity index (χ3n) is 4.58. The maximum Gasteiger partial charge on any atom is 0.260 e. The number of carbonyl (C=O) groups is 1. The molecule has 4 rings (SSSR count). The Morgan fingerprint density at radius 1 is 1.06 bits per heavy atom. The number of hydrogen-bond donors (Lipinski definition) is 0. The summed E-state index contributed by atoms with van der Waals surface area (Å²) in [6, 6.07) is 18.5. The van der Waals surface area contributed by atoms with E-state index >= 15 is 0 Å². The van der Waals surface area contributed by atoms with Crippen LogP contribution in [0.3, 0.4) is 0 Å². The van der Waals surface area contributed by atoms with Gasteiger partial charge in [-0.25, -0.2) is 4.98 Å². The van der Waals surface area contributed by atoms with Gasteiger partial charge in [0, 0.05) is 11.8 Å². The van der Waals surface area contributed by atoms with Crippen molar-refractivity contribution in [2.24, 2.45) is 0 Å². The number of nitrogens with zero attached hydrogens (tertiary/aromatic N) is 3. The second-order valence-electron chi connectivity index (χ2n) is 7.23. The predicted octanol–water partition coefficient (Wildman–Crippen LogP) is 5.33. The molecule has 0 aliphatic carbocycles. The number of carbonyl (C=O) groups excluding carboxylic acids is 1. The number of amides is 1. The lowest BCUT2D eigenvalue weighted by Crippen LogP contribution is -2.30. The molecule has 0 aliphatic heterocycles. The van der Waals surface area contributed by atoms with E-state index < -0.39 is 0 Å². The number of benzene rings is 2. The zero-order valence-corrected chi connectivity index (χ0v) is 18.4. The molecule has 158 valence electrons. The molecule has 0 radical (unpaired) electrons. The molecule has 0 fully saturated rings. The SMILES string of the molecule is COc1ccc2nc(N(Cc3ccccn3)C(=O)c3ccc(OC(C)C)cc3)sc2c1. The van der Waals surface area contributed by atoms with E-state index in [1.807, 2.05) is 62.4 Å². The first-order chi connectivity index (χ1) is 15.0. The highest BCUT2D eigenvalue weighted by molar-refractivity contribution is 7.22. The van der Waals surface area contributed by atoms with Crippen LogP contribution in [0.15, 0.2) is 66.9 Å². The number of anilines is 1. The number of methoxy groups -OCH3 is 1. The Kier molecular flexibility index (Phi) is 6.13. The van der Waals surface area contributed by atoms with Gasteiger partial charge >= 0.3 is 0 Å². The van der Waals surface area contributed by atoms with Crippen LogP contribution in [0.1, 0.15) is 29.9 Å². The summed E-state index contributed by atoms with van der Waals surface area (Å²) in [5.41, 5.74) is 2.16. The average molecular weight is 434 g/mol. The minimum atomic E-state index is -0.146. The second kappa shape index (κ2) is 9.14. The van der Waals surface area contributed by atoms with E-state index in [0.29, 0.717) is 17.2 Å². The Bertz CT molecular complexity index is 1170. The van der Waals surface area contributed by atoms with Gasteiger partial charge in [0.15, 0.2) is 5.13 Å². The van der Waals surface area contributed by atoms with Gasteiger partial charge in [-0.1, -0.05) is 17.4 Å². The molecule has 0 atom stereocenters. The van der Waals surface area contributed by atoms with E-state index in [1.54, 1.807) is 30.3 Å². The first-order valence-corrected chi connectivity index (χ1v) is 10.8. The number of thiazole rings is 1. The second-order valence-corrected chi connectivity index (χ2v) is 8.24. The lowest BCUT2D eigenvalue weighted by molar-refractivity contribution is 0.0984. The number of rotatable bonds is 7. The Morgan fingerprint density at radius 2 is 1.84 bits per heavy atom. The molecule has 7 heteroatoms. The van der Waals surface area contributed by atoms with Crippen molar-refractivity contribution in [1.82, 2.24) is 9.97 Å². The first kappa shape index (κ1) is 20.8. The van der Waals surface area contributed by atoms with Crippen LogP contribution in [-0.4, -0.2) is 29.1 Å². The molecule has 1 amide bonds. The highest BCUT2D eigenvalue weighted by atomic mass is 32.1. The highest BCUT2D eigenvalue weighted by Crippen LogP contribution is 2.33. The number of ether oxygens (including phenoxy) is 2. The summed E-state index contributed by atoms with van der Waals surface area (Å²) in [7, 11) is 1.63. The standard InChI is InChI=1S/C24H23N3O3S/c1-16(2)30-19-9-7-17(8-10-19)23(28)27(15-18-6-4-5-13-25-18)24-26-21-12-11-20(29-3)14-22(21)31-24/h4-14,16H,15H2,1-3H3. The van der Waals surface area contributed by atoms with Gasteiger partial charge in [0.1, 0.15) is 11.5 Å². The fraction of sp³-hybridized carbons (Fsp3) is 0.208. The van der Waals surface area contributed by atoms with Crippen molar-refractivity contribution in [3.05, 3.63) is 78.1 Å². The van der Waals surface area contributed by atoms with Crippen LogP contribution in [-0.2, 0) is 6.54 Å². The van der Waals surface area contributed by atoms with Crippen LogP contribution in [0.5, 0.6) is 11.5 Å². The van der Waals surface area contributed by atoms with Gasteiger partial charge in [-0.15, -0.1) is 0 Å². The number of fused-ring (bicyclic) bond motifs is 1. The fourth-order valence-electron chi connectivity index (χ4n) is 3.12. The van der Waals surface area contributed by atoms with Crippen molar-refractivity contribution in [2.75, 3.05) is 12.0 Å². The summed E-state index contributed by atoms with van der Waals surface area (Å²) in [6.07, 6.45) is 1.79. The van der Waals surface area contributed by atoms with E-state index in [9.17, 15) is 4.79 Å². The lowest BCUT2D eigenvalue weighted by Gasteiger charge is -2.20. The van der Waals surface area contributed by atoms with Crippen LogP contribution in [0, 0.1) is 0 Å². The summed E-state index contributed by atoms with van der Waals surface area (Å²) < 4.78 is 12.0. The highest BCUT2D eigenvalue weighted by Gasteiger charge is 2.22. The topological polar surface area (TPSA) is 64.5 Å². The molecule has 0 saturated carbocycles. The summed E-state index contributed by atoms with van der Waals surface area (Å²) in [4.78, 5) is 24.2. The molecule has 0 aliphatic rings. The molecule has 2 heterocycles. The molecule has 2 aromatic heterocycles. The minimum absolute atomic E-state index is 0.0712. The van der Waals surface area contributed by atoms with Gasteiger partial charge in [0.2, 0.25) is 0 Å². The zero-order chi connectivity index (χ0) is 21.8. The van der Waals surface area contributed by atoms with Crippen molar-refractivity contribution in [1.29, 1.82) is 0 Å². The third-order valence-corrected chi connectivity index (χ3v) is 5.62. The molecule has 0 saturated heterocycles. The summed E-state index contributed by atoms with van der Waals surface area (Å²) in [5, 5.41) is 0.612. The Hall–Kier alpha value is -3.45. The van der Waals surface area contributed by atoms with Crippen molar-refractivity contribution in [3.63, 3.8) is 0 Å². The van der Waals surface area contributed by atoms with Gasteiger partial charge in [-0.3, -0.25) is 14.7 Å². The third kappa shape index (κ3) is 4.83. The van der Waals surface area contributed by atoms with E-state index in [-0.39, 0.29) is 12.0 Å². The molecule has 31 heavy (non-hydrogen) atoms. The molecule has 4 aromatic rings. The van der Waals surface area contributed by atoms with Crippen molar-refractivity contribution in [2.45, 2.75) is 26.5 Å². The van der Waals surface area contributed by atoms with Gasteiger partial charge < -0.3 is 9.47 Å². The monoisotopic (exact) mass is 433 g/mol. The maximum atomic E-state index is 13.5. The predicted molar refractivity (Wildman–Crippen MR) is 123 cm³/mol. The smallest absolute Gasteiger partial charge is 0.260 e.